The Balaban J connectivity index is -0.00000000333. The molecule has 0 aliphatic carbocycles. The maximum absolute atomic E-state index is 3.15. The zero-order valence-electron chi connectivity index (χ0n) is 5.50. The van der Waals surface area contributed by atoms with Crippen LogP contribution < -0.4 is 6.15 Å². The van der Waals surface area contributed by atoms with E-state index in [4.69, 9.17) is 0 Å². The van der Waals surface area contributed by atoms with E-state index in [0.717, 1.165) is 5.33 Å². The van der Waals surface area contributed by atoms with Gasteiger partial charge in [0.2, 0.25) is 0 Å². The summed E-state index contributed by atoms with van der Waals surface area (Å²) in [5.41, 5.74) is 0. The average molecular weight is 152 g/mol. The Kier molecular flexibility index (Phi) is 61.9. The van der Waals surface area contributed by atoms with Gasteiger partial charge in [0.05, 0.1) is 0 Å². The minimum atomic E-state index is 0. The molecule has 1 nitrogen and oxygen atoms in total. The Labute approximate surface area is 60.3 Å². The Bertz CT molecular complexity index is 15.7. The molecule has 0 amide bonds. The molecule has 0 aromatic heterocycles. The summed E-state index contributed by atoms with van der Waals surface area (Å²) in [6, 6.07) is 0. The summed E-state index contributed by atoms with van der Waals surface area (Å²) in [6.45, 7) is 2.04. The Morgan fingerprint density at radius 1 is 1.80 bits per heavy atom. The second-order valence-corrected chi connectivity index (χ2v) is 1.39. The fourth-order valence-corrected chi connectivity index (χ4v) is 0. The van der Waals surface area contributed by atoms with E-state index >= 15 is 0 Å². The van der Waals surface area contributed by atoms with Gasteiger partial charge in [-0.3, -0.25) is 0 Å². The van der Waals surface area contributed by atoms with Crippen LogP contribution >= 0.6 is 15.9 Å². The smallest absolute Gasteiger partial charge is 1.00 e. The molecule has 0 aliphatic rings. The molecular weight excluding hydrogens is 142 g/mol. The number of alkyl halides is 1. The number of halogens is 1. The average Bonchev–Trinajstić information content (AvgIpc) is 0.918. The first kappa shape index (κ1) is 16.4. The van der Waals surface area contributed by atoms with Crippen LogP contribution in [0.1, 0.15) is 9.78 Å². The minimum Gasteiger partial charge on any atom is -1.00 e. The second-order valence-electron chi connectivity index (χ2n) is 0.267. The van der Waals surface area contributed by atoms with Gasteiger partial charge in [0, 0.05) is 5.33 Å². The van der Waals surface area contributed by atoms with E-state index in [1.165, 1.54) is 0 Å². The molecular formula is C2H10BrMgN. The molecule has 0 aromatic rings. The van der Waals surface area contributed by atoms with Gasteiger partial charge in [0.1, 0.15) is 0 Å². The summed E-state index contributed by atoms with van der Waals surface area (Å²) in [5.74, 6) is 0. The standard InChI is InChI=1S/C2H5Br.Mg.H3N.2H/c1-2-3;;;;/h2H2,1H3;;1H3;;/q;+2;;2*-1. The second kappa shape index (κ2) is 18.9. The van der Waals surface area contributed by atoms with Crippen LogP contribution in [0.15, 0.2) is 0 Å². The normalized spacial score (nSPS) is 3.60. The van der Waals surface area contributed by atoms with Crippen molar-refractivity contribution in [2.24, 2.45) is 0 Å². The van der Waals surface area contributed by atoms with E-state index in [2.05, 4.69) is 15.9 Å². The van der Waals surface area contributed by atoms with Gasteiger partial charge in [-0.25, -0.2) is 0 Å². The quantitative estimate of drug-likeness (QED) is 0.413. The van der Waals surface area contributed by atoms with Gasteiger partial charge < -0.3 is 9.00 Å². The maximum atomic E-state index is 3.15. The van der Waals surface area contributed by atoms with E-state index in [1.54, 1.807) is 0 Å². The van der Waals surface area contributed by atoms with Gasteiger partial charge in [0.25, 0.3) is 0 Å². The van der Waals surface area contributed by atoms with Crippen molar-refractivity contribution in [3.8, 4) is 0 Å². The molecule has 0 saturated heterocycles. The maximum Gasteiger partial charge on any atom is 2.00 e. The van der Waals surface area contributed by atoms with Gasteiger partial charge in [-0.15, -0.1) is 0 Å². The van der Waals surface area contributed by atoms with Crippen LogP contribution in [0.5, 0.6) is 0 Å². The summed E-state index contributed by atoms with van der Waals surface area (Å²) in [7, 11) is 0. The molecule has 5 heavy (non-hydrogen) atoms. The summed E-state index contributed by atoms with van der Waals surface area (Å²) in [6.07, 6.45) is 0. The van der Waals surface area contributed by atoms with E-state index in [1.807, 2.05) is 6.92 Å². The summed E-state index contributed by atoms with van der Waals surface area (Å²) >= 11 is 3.15. The van der Waals surface area contributed by atoms with Crippen LogP contribution in [-0.4, -0.2) is 28.4 Å². The van der Waals surface area contributed by atoms with Crippen LogP contribution in [0.2, 0.25) is 0 Å². The Hall–Kier alpha value is 1.21. The molecule has 0 rings (SSSR count). The van der Waals surface area contributed by atoms with Crippen LogP contribution in [0.4, 0.5) is 0 Å². The zero-order chi connectivity index (χ0) is 2.71. The third-order valence-electron chi connectivity index (χ3n) is 0. The van der Waals surface area contributed by atoms with Gasteiger partial charge in [-0.05, 0) is 0 Å². The monoisotopic (exact) mass is 151 g/mol. The molecule has 0 saturated carbocycles. The van der Waals surface area contributed by atoms with Crippen molar-refractivity contribution in [2.45, 2.75) is 6.92 Å². The first-order chi connectivity index (χ1) is 1.41. The zero-order valence-corrected chi connectivity index (χ0v) is 6.50. The van der Waals surface area contributed by atoms with Crippen molar-refractivity contribution >= 4 is 39.0 Å². The number of hydrogen-bond donors (Lipinski definition) is 1. The van der Waals surface area contributed by atoms with Crippen molar-refractivity contribution in [2.75, 3.05) is 5.33 Å². The molecule has 3 heteroatoms. The number of rotatable bonds is 0. The van der Waals surface area contributed by atoms with E-state index < -0.39 is 0 Å². The van der Waals surface area contributed by atoms with E-state index in [-0.39, 0.29) is 32.1 Å². The Morgan fingerprint density at radius 2 is 1.80 bits per heavy atom. The van der Waals surface area contributed by atoms with E-state index in [0.29, 0.717) is 0 Å². The molecule has 0 aliphatic heterocycles. The summed E-state index contributed by atoms with van der Waals surface area (Å²) in [4.78, 5) is 0. The Morgan fingerprint density at radius 3 is 1.80 bits per heavy atom. The first-order valence-electron chi connectivity index (χ1n) is 0.974. The molecule has 0 heterocycles. The fourth-order valence-electron chi connectivity index (χ4n) is 0. The van der Waals surface area contributed by atoms with Crippen molar-refractivity contribution in [3.05, 3.63) is 0 Å². The molecule has 0 aromatic carbocycles. The van der Waals surface area contributed by atoms with E-state index in [9.17, 15) is 0 Å². The summed E-state index contributed by atoms with van der Waals surface area (Å²) in [5, 5.41) is 1.06. The van der Waals surface area contributed by atoms with Crippen molar-refractivity contribution in [1.82, 2.24) is 6.15 Å². The molecule has 0 unspecified atom stereocenters. The van der Waals surface area contributed by atoms with Crippen LogP contribution in [0.3, 0.4) is 0 Å². The third kappa shape index (κ3) is 36.8. The molecule has 0 fully saturated rings. The van der Waals surface area contributed by atoms with Crippen LogP contribution in [-0.2, 0) is 0 Å². The van der Waals surface area contributed by atoms with Crippen molar-refractivity contribution in [1.29, 1.82) is 0 Å². The predicted molar refractivity (Wildman–Crippen MR) is 32.5 cm³/mol. The number of hydrogen-bond acceptors (Lipinski definition) is 1. The molecule has 3 N–H and O–H groups in total. The SMILES string of the molecule is CCBr.N.[H-].[H-].[Mg+2]. The first-order valence-corrected chi connectivity index (χ1v) is 2.10. The molecule has 32 valence electrons. The largest absolute Gasteiger partial charge is 2.00 e. The third-order valence-corrected chi connectivity index (χ3v) is 0. The molecule has 0 spiro atoms. The topological polar surface area (TPSA) is 35.0 Å². The molecule has 0 bridgehead atoms. The van der Waals surface area contributed by atoms with Crippen LogP contribution in [0, 0.1) is 0 Å². The van der Waals surface area contributed by atoms with Gasteiger partial charge >= 0.3 is 23.1 Å². The summed E-state index contributed by atoms with van der Waals surface area (Å²) < 4.78 is 0. The van der Waals surface area contributed by atoms with Crippen molar-refractivity contribution < 1.29 is 2.85 Å². The fraction of sp³-hybridized carbons (Fsp3) is 1.00. The molecule has 0 atom stereocenters. The van der Waals surface area contributed by atoms with Gasteiger partial charge in [0.15, 0.2) is 0 Å². The molecule has 0 radical (unpaired) electrons. The van der Waals surface area contributed by atoms with Crippen LogP contribution in [0.25, 0.3) is 0 Å². The van der Waals surface area contributed by atoms with Crippen molar-refractivity contribution in [3.63, 3.8) is 0 Å². The predicted octanol–water partition coefficient (Wildman–Crippen LogP) is 1.41. The van der Waals surface area contributed by atoms with Gasteiger partial charge in [-0.2, -0.15) is 0 Å². The minimum absolute atomic E-state index is 0. The van der Waals surface area contributed by atoms with Gasteiger partial charge in [-0.1, -0.05) is 22.9 Å².